The van der Waals surface area contributed by atoms with Crippen LogP contribution in [-0.2, 0) is 49.4 Å². The Morgan fingerprint density at radius 3 is 1.17 bits per heavy atom. The molecule has 0 aromatic heterocycles. The smallest absolute Gasteiger partial charge is 0.344 e. The molecule has 0 saturated carbocycles. The molecular weight excluding hydrogens is 303 g/mol. The molecule has 12 heavy (non-hydrogen) atoms. The maximum absolute atomic E-state index is 8.74. The monoisotopic (exact) mass is 306 g/mol. The van der Waals surface area contributed by atoms with Crippen molar-refractivity contribution in [1.82, 2.24) is 6.15 Å². The molecule has 0 unspecified atom stereocenters. The minimum atomic E-state index is -4.67. The molecule has 0 radical (unpaired) electrons. The molecule has 6 N–H and O–H groups in total. The van der Waals surface area contributed by atoms with Crippen LogP contribution in [0, 0.1) is 10.1 Å². The van der Waals surface area contributed by atoms with Crippen LogP contribution in [0.2, 0.25) is 0 Å². The van der Waals surface area contributed by atoms with E-state index in [-0.39, 0.29) is 45.1 Å². The standard InChI is InChI=1S/HNO3.H3N.H2O4S.2Zn/c2-1(3)4;;1-5(2,3)4;;/h(H,2,3,4);1H3;(H2,1,2,3,4);;/q;;;2*+2. The van der Waals surface area contributed by atoms with E-state index in [2.05, 4.69) is 0 Å². The topological polar surface area (TPSA) is 173 Å². The molecule has 0 atom stereocenters. The van der Waals surface area contributed by atoms with Crippen molar-refractivity contribution >= 4 is 10.4 Å². The molecule has 12 heteroatoms. The minimum Gasteiger partial charge on any atom is -0.344 e. The van der Waals surface area contributed by atoms with Gasteiger partial charge in [0.25, 0.3) is 5.09 Å². The maximum atomic E-state index is 8.74. The molecule has 0 aliphatic carbocycles. The summed E-state index contributed by atoms with van der Waals surface area (Å²) in [7, 11) is -4.67. The first kappa shape index (κ1) is 29.5. The predicted molar refractivity (Wildman–Crippen MR) is 28.0 cm³/mol. The van der Waals surface area contributed by atoms with E-state index in [0.717, 1.165) is 0 Å². The molecule has 0 aromatic rings. The molecule has 0 saturated heterocycles. The fraction of sp³-hybridized carbons (Fsp3) is 0. The number of nitrogens with zero attached hydrogens (tertiary/aromatic N) is 1. The fourth-order valence-corrected chi connectivity index (χ4v) is 0. The summed E-state index contributed by atoms with van der Waals surface area (Å²) in [6.45, 7) is 0. The summed E-state index contributed by atoms with van der Waals surface area (Å²) in [5.41, 5.74) is 0. The zero-order valence-corrected chi connectivity index (χ0v) is 12.7. The Hall–Kier alpha value is 0.277. The average molecular weight is 309 g/mol. The summed E-state index contributed by atoms with van der Waals surface area (Å²) in [6.07, 6.45) is 0. The van der Waals surface area contributed by atoms with Gasteiger partial charge in [-0.25, -0.2) is 0 Å². The summed E-state index contributed by atoms with van der Waals surface area (Å²) in [5.74, 6) is 0. The number of hydrogen-bond acceptors (Lipinski definition) is 5. The predicted octanol–water partition coefficient (Wildman–Crippen LogP) is -0.843. The first-order chi connectivity index (χ1) is 3.73. The van der Waals surface area contributed by atoms with E-state index in [9.17, 15) is 0 Å². The summed E-state index contributed by atoms with van der Waals surface area (Å²) in [4.78, 5) is 8.36. The van der Waals surface area contributed by atoms with E-state index >= 15 is 0 Å². The summed E-state index contributed by atoms with van der Waals surface area (Å²) >= 11 is 0. The summed E-state index contributed by atoms with van der Waals surface area (Å²) in [5, 5.41) is 13.6. The van der Waals surface area contributed by atoms with Gasteiger partial charge in [-0.3, -0.25) is 9.11 Å². The second-order valence-electron chi connectivity index (χ2n) is 0.686. The van der Waals surface area contributed by atoms with Crippen molar-refractivity contribution in [3.05, 3.63) is 10.1 Å². The Bertz CT molecular complexity index is 162. The van der Waals surface area contributed by atoms with E-state index in [4.69, 9.17) is 32.8 Å². The first-order valence-corrected chi connectivity index (χ1v) is 2.66. The quantitative estimate of drug-likeness (QED) is 0.194. The van der Waals surface area contributed by atoms with Crippen molar-refractivity contribution in [3.8, 4) is 0 Å². The van der Waals surface area contributed by atoms with Gasteiger partial charge in [0.05, 0.1) is 0 Å². The first-order valence-electron chi connectivity index (χ1n) is 1.26. The van der Waals surface area contributed by atoms with Gasteiger partial charge in [0.2, 0.25) is 0 Å². The van der Waals surface area contributed by atoms with Gasteiger partial charge in [-0.05, 0) is 0 Å². The molecule has 0 aliphatic rings. The van der Waals surface area contributed by atoms with Gasteiger partial charge in [0.15, 0.2) is 0 Å². The maximum Gasteiger partial charge on any atom is 2.00 e. The van der Waals surface area contributed by atoms with Crippen molar-refractivity contribution in [2.75, 3.05) is 0 Å². The van der Waals surface area contributed by atoms with Crippen LogP contribution in [0.5, 0.6) is 0 Å². The third-order valence-corrected chi connectivity index (χ3v) is 0. The van der Waals surface area contributed by atoms with E-state index < -0.39 is 15.5 Å². The third-order valence-electron chi connectivity index (χ3n) is 0. The Labute approximate surface area is 93.3 Å². The van der Waals surface area contributed by atoms with Crippen molar-refractivity contribution in [2.24, 2.45) is 0 Å². The van der Waals surface area contributed by atoms with Crippen molar-refractivity contribution < 1.29 is 66.8 Å². The van der Waals surface area contributed by atoms with E-state index in [1.165, 1.54) is 0 Å². The van der Waals surface area contributed by atoms with Crippen LogP contribution in [0.25, 0.3) is 0 Å². The van der Waals surface area contributed by atoms with Crippen LogP contribution >= 0.6 is 0 Å². The molecule has 0 heterocycles. The van der Waals surface area contributed by atoms with Crippen LogP contribution in [0.1, 0.15) is 0 Å². The van der Waals surface area contributed by atoms with E-state index in [1.54, 1.807) is 0 Å². The average Bonchev–Trinajstić information content (AvgIpc) is 1.19. The van der Waals surface area contributed by atoms with E-state index in [1.807, 2.05) is 0 Å². The van der Waals surface area contributed by atoms with Gasteiger partial charge in [0, 0.05) is 0 Å². The molecule has 0 aromatic carbocycles. The largest absolute Gasteiger partial charge is 2.00 e. The number of rotatable bonds is 0. The second-order valence-corrected chi connectivity index (χ2v) is 1.58. The van der Waals surface area contributed by atoms with Crippen LogP contribution in [0.3, 0.4) is 0 Å². The molecule has 0 fully saturated rings. The number of hydrogen-bond donors (Lipinski definition) is 4. The Balaban J connectivity index is -0.0000000221. The molecule has 9 nitrogen and oxygen atoms in total. The van der Waals surface area contributed by atoms with Gasteiger partial charge >= 0.3 is 49.4 Å². The molecule has 0 aliphatic heterocycles. The minimum absolute atomic E-state index is 0. The van der Waals surface area contributed by atoms with Gasteiger partial charge in [-0.1, -0.05) is 0 Å². The van der Waals surface area contributed by atoms with Crippen molar-refractivity contribution in [2.45, 2.75) is 0 Å². The second kappa shape index (κ2) is 13.8. The van der Waals surface area contributed by atoms with Crippen LogP contribution < -0.4 is 6.15 Å². The van der Waals surface area contributed by atoms with Crippen molar-refractivity contribution in [3.63, 3.8) is 0 Å². The normalized spacial score (nSPS) is 6.83. The summed E-state index contributed by atoms with van der Waals surface area (Å²) < 4.78 is 31.6. The molecule has 64 valence electrons. The van der Waals surface area contributed by atoms with Gasteiger partial charge in [-0.15, -0.1) is 10.1 Å². The zero-order chi connectivity index (χ0) is 8.08. The van der Waals surface area contributed by atoms with Crippen LogP contribution in [-0.4, -0.2) is 27.8 Å². The Kier molecular flexibility index (Phi) is 34.0. The zero-order valence-electron chi connectivity index (χ0n) is 5.95. The summed E-state index contributed by atoms with van der Waals surface area (Å²) in [6, 6.07) is 0. The van der Waals surface area contributed by atoms with Gasteiger partial charge < -0.3 is 11.4 Å². The third kappa shape index (κ3) is 11500. The molecule has 0 spiro atoms. The Morgan fingerprint density at radius 1 is 1.17 bits per heavy atom. The van der Waals surface area contributed by atoms with Gasteiger partial charge in [-0.2, -0.15) is 8.42 Å². The molecule has 0 bridgehead atoms. The fourth-order valence-electron chi connectivity index (χ4n) is 0. The van der Waals surface area contributed by atoms with Gasteiger partial charge in [0.1, 0.15) is 0 Å². The molecule has 0 amide bonds. The SMILES string of the molecule is N.O=S(=O)(O)O.O=[N+]([O-])O.[Zn+2].[Zn+2]. The Morgan fingerprint density at radius 2 is 1.17 bits per heavy atom. The van der Waals surface area contributed by atoms with Crippen LogP contribution in [0.4, 0.5) is 0 Å². The van der Waals surface area contributed by atoms with E-state index in [0.29, 0.717) is 0 Å². The molecule has 0 rings (SSSR count). The molecular formula is H6N2O7SZn2+4. The van der Waals surface area contributed by atoms with Crippen LogP contribution in [0.15, 0.2) is 0 Å². The van der Waals surface area contributed by atoms with Crippen molar-refractivity contribution in [1.29, 1.82) is 0 Å².